The summed E-state index contributed by atoms with van der Waals surface area (Å²) in [6.45, 7) is 2.09. The van der Waals surface area contributed by atoms with Crippen LogP contribution in [0.15, 0.2) is 35.3 Å². The van der Waals surface area contributed by atoms with Gasteiger partial charge in [0.1, 0.15) is 0 Å². The molecule has 2 heterocycles. The smallest absolute Gasteiger partial charge is 0.0577 e. The summed E-state index contributed by atoms with van der Waals surface area (Å²) in [5.41, 5.74) is 9.65. The molecule has 0 aliphatic rings. The van der Waals surface area contributed by atoms with Gasteiger partial charge in [-0.05, 0) is 40.4 Å². The minimum absolute atomic E-state index is 0.0463. The highest BCUT2D eigenvalue weighted by Gasteiger charge is 2.11. The van der Waals surface area contributed by atoms with Crippen LogP contribution in [-0.4, -0.2) is 4.98 Å². The van der Waals surface area contributed by atoms with E-state index in [1.807, 2.05) is 18.3 Å². The Hall–Kier alpha value is -1.19. The zero-order chi connectivity index (χ0) is 9.97. The third kappa shape index (κ3) is 1.69. The lowest BCUT2D eigenvalue weighted by Crippen LogP contribution is -2.12. The highest BCUT2D eigenvalue weighted by atomic mass is 32.1. The van der Waals surface area contributed by atoms with E-state index in [-0.39, 0.29) is 6.04 Å². The van der Waals surface area contributed by atoms with Crippen LogP contribution in [0.1, 0.15) is 22.7 Å². The van der Waals surface area contributed by atoms with E-state index in [0.29, 0.717) is 0 Å². The number of hydrogen-bond acceptors (Lipinski definition) is 3. The molecule has 0 bridgehead atoms. The van der Waals surface area contributed by atoms with Crippen molar-refractivity contribution < 1.29 is 0 Å². The monoisotopic (exact) mass is 204 g/mol. The maximum absolute atomic E-state index is 6.13. The number of aromatic nitrogens is 1. The molecule has 2 rings (SSSR count). The quantitative estimate of drug-likeness (QED) is 0.816. The van der Waals surface area contributed by atoms with E-state index >= 15 is 0 Å². The van der Waals surface area contributed by atoms with Crippen LogP contribution in [0.5, 0.6) is 0 Å². The molecule has 2 nitrogen and oxygen atoms in total. The van der Waals surface area contributed by atoms with Crippen LogP contribution in [0, 0.1) is 6.92 Å². The first-order valence-corrected chi connectivity index (χ1v) is 5.41. The van der Waals surface area contributed by atoms with Gasteiger partial charge < -0.3 is 5.73 Å². The lowest BCUT2D eigenvalue weighted by Gasteiger charge is -2.10. The Morgan fingerprint density at radius 3 is 2.86 bits per heavy atom. The van der Waals surface area contributed by atoms with Crippen LogP contribution in [-0.2, 0) is 0 Å². The molecule has 0 amide bonds. The molecule has 0 saturated carbocycles. The van der Waals surface area contributed by atoms with Gasteiger partial charge in [0.2, 0.25) is 0 Å². The normalized spacial score (nSPS) is 12.7. The Labute approximate surface area is 87.4 Å². The molecule has 0 aliphatic heterocycles. The average molecular weight is 204 g/mol. The van der Waals surface area contributed by atoms with Crippen LogP contribution < -0.4 is 5.73 Å². The van der Waals surface area contributed by atoms with Gasteiger partial charge in [-0.3, -0.25) is 4.98 Å². The van der Waals surface area contributed by atoms with Gasteiger partial charge in [-0.2, -0.15) is 11.3 Å². The fourth-order valence-corrected chi connectivity index (χ4v) is 2.32. The first-order valence-electron chi connectivity index (χ1n) is 4.47. The van der Waals surface area contributed by atoms with Crippen molar-refractivity contribution in [1.82, 2.24) is 4.98 Å². The standard InChI is InChI=1S/C11H12N2S/c1-8-6-14-7-10(8)11(12)9-3-2-4-13-5-9/h2-7,11H,12H2,1H3. The second-order valence-electron chi connectivity index (χ2n) is 3.27. The Morgan fingerprint density at radius 1 is 1.43 bits per heavy atom. The van der Waals surface area contributed by atoms with Gasteiger partial charge >= 0.3 is 0 Å². The second kappa shape index (κ2) is 3.90. The molecule has 14 heavy (non-hydrogen) atoms. The number of rotatable bonds is 2. The molecular weight excluding hydrogens is 192 g/mol. The predicted octanol–water partition coefficient (Wildman–Crippen LogP) is 2.50. The fourth-order valence-electron chi connectivity index (χ4n) is 1.43. The average Bonchev–Trinajstić information content (AvgIpc) is 2.65. The van der Waals surface area contributed by atoms with E-state index in [0.717, 1.165) is 5.56 Å². The molecule has 0 saturated heterocycles. The molecule has 2 N–H and O–H groups in total. The first-order chi connectivity index (χ1) is 6.79. The van der Waals surface area contributed by atoms with Gasteiger partial charge in [0.25, 0.3) is 0 Å². The third-order valence-electron chi connectivity index (χ3n) is 2.27. The Balaban J connectivity index is 2.34. The van der Waals surface area contributed by atoms with E-state index < -0.39 is 0 Å². The van der Waals surface area contributed by atoms with Crippen molar-refractivity contribution in [2.75, 3.05) is 0 Å². The number of thiophene rings is 1. The lowest BCUT2D eigenvalue weighted by molar-refractivity contribution is 0.860. The topological polar surface area (TPSA) is 38.9 Å². The second-order valence-corrected chi connectivity index (χ2v) is 4.02. The van der Waals surface area contributed by atoms with Crippen molar-refractivity contribution in [3.05, 3.63) is 52.0 Å². The summed E-state index contributed by atoms with van der Waals surface area (Å²) >= 11 is 1.69. The minimum atomic E-state index is -0.0463. The Morgan fingerprint density at radius 2 is 2.29 bits per heavy atom. The molecule has 0 spiro atoms. The zero-order valence-corrected chi connectivity index (χ0v) is 8.79. The van der Waals surface area contributed by atoms with Crippen LogP contribution in [0.2, 0.25) is 0 Å². The predicted molar refractivity (Wildman–Crippen MR) is 59.3 cm³/mol. The molecule has 3 heteroatoms. The van der Waals surface area contributed by atoms with Gasteiger partial charge in [-0.25, -0.2) is 0 Å². The number of nitrogens with zero attached hydrogens (tertiary/aromatic N) is 1. The molecule has 0 fully saturated rings. The molecule has 0 radical (unpaired) electrons. The number of nitrogens with two attached hydrogens (primary N) is 1. The van der Waals surface area contributed by atoms with Crippen molar-refractivity contribution in [3.8, 4) is 0 Å². The highest BCUT2D eigenvalue weighted by molar-refractivity contribution is 7.08. The molecule has 0 aliphatic carbocycles. The minimum Gasteiger partial charge on any atom is -0.320 e. The lowest BCUT2D eigenvalue weighted by atomic mass is 10.0. The summed E-state index contributed by atoms with van der Waals surface area (Å²) < 4.78 is 0. The third-order valence-corrected chi connectivity index (χ3v) is 3.15. The van der Waals surface area contributed by atoms with Crippen LogP contribution in [0.4, 0.5) is 0 Å². The van der Waals surface area contributed by atoms with Crippen molar-refractivity contribution in [2.45, 2.75) is 13.0 Å². The van der Waals surface area contributed by atoms with E-state index in [2.05, 4.69) is 22.7 Å². The number of pyridine rings is 1. The molecule has 2 aromatic rings. The largest absolute Gasteiger partial charge is 0.320 e. The van der Waals surface area contributed by atoms with Gasteiger partial charge in [-0.15, -0.1) is 0 Å². The van der Waals surface area contributed by atoms with E-state index in [4.69, 9.17) is 5.73 Å². The Kier molecular flexibility index (Phi) is 2.61. The van der Waals surface area contributed by atoms with Crippen LogP contribution >= 0.6 is 11.3 Å². The molecule has 2 aromatic heterocycles. The molecule has 0 aromatic carbocycles. The number of aryl methyl sites for hydroxylation is 1. The summed E-state index contributed by atoms with van der Waals surface area (Å²) in [5.74, 6) is 0. The maximum Gasteiger partial charge on any atom is 0.0577 e. The van der Waals surface area contributed by atoms with Crippen LogP contribution in [0.25, 0.3) is 0 Å². The zero-order valence-electron chi connectivity index (χ0n) is 7.97. The van der Waals surface area contributed by atoms with E-state index in [1.54, 1.807) is 17.5 Å². The van der Waals surface area contributed by atoms with E-state index in [9.17, 15) is 0 Å². The van der Waals surface area contributed by atoms with Gasteiger partial charge in [-0.1, -0.05) is 6.07 Å². The first kappa shape index (κ1) is 9.37. The highest BCUT2D eigenvalue weighted by Crippen LogP contribution is 2.24. The summed E-state index contributed by atoms with van der Waals surface area (Å²) in [6, 6.07) is 3.88. The van der Waals surface area contributed by atoms with Crippen molar-refractivity contribution in [3.63, 3.8) is 0 Å². The van der Waals surface area contributed by atoms with Crippen molar-refractivity contribution in [2.24, 2.45) is 5.73 Å². The summed E-state index contributed by atoms with van der Waals surface area (Å²) in [5, 5.41) is 4.22. The summed E-state index contributed by atoms with van der Waals surface area (Å²) in [7, 11) is 0. The Bertz CT molecular complexity index is 408. The number of hydrogen-bond donors (Lipinski definition) is 1. The van der Waals surface area contributed by atoms with E-state index in [1.165, 1.54) is 11.1 Å². The molecule has 1 atom stereocenters. The SMILES string of the molecule is Cc1cscc1C(N)c1cccnc1. The maximum atomic E-state index is 6.13. The summed E-state index contributed by atoms with van der Waals surface area (Å²) in [4.78, 5) is 4.07. The molecular formula is C11H12N2S. The molecule has 72 valence electrons. The van der Waals surface area contributed by atoms with Gasteiger partial charge in [0.15, 0.2) is 0 Å². The van der Waals surface area contributed by atoms with Crippen molar-refractivity contribution in [1.29, 1.82) is 0 Å². The van der Waals surface area contributed by atoms with Gasteiger partial charge in [0.05, 0.1) is 6.04 Å². The van der Waals surface area contributed by atoms with Crippen molar-refractivity contribution >= 4 is 11.3 Å². The van der Waals surface area contributed by atoms with Crippen LogP contribution in [0.3, 0.4) is 0 Å². The van der Waals surface area contributed by atoms with Gasteiger partial charge in [0, 0.05) is 12.4 Å². The summed E-state index contributed by atoms with van der Waals surface area (Å²) in [6.07, 6.45) is 3.58. The fraction of sp³-hybridized carbons (Fsp3) is 0.182. The molecule has 1 unspecified atom stereocenters.